The maximum atomic E-state index is 10.8. The molecule has 1 rings (SSSR count). The summed E-state index contributed by atoms with van der Waals surface area (Å²) in [6.45, 7) is 6.58. The zero-order valence-corrected chi connectivity index (χ0v) is 11.7. The van der Waals surface area contributed by atoms with Gasteiger partial charge in [-0.15, -0.1) is 0 Å². The second-order valence-corrected chi connectivity index (χ2v) is 5.28. The summed E-state index contributed by atoms with van der Waals surface area (Å²) in [6, 6.07) is 4.90. The first-order valence-electron chi connectivity index (χ1n) is 5.88. The smallest absolute Gasteiger partial charge is 0.335 e. The topological polar surface area (TPSA) is 49.8 Å². The van der Waals surface area contributed by atoms with Crippen LogP contribution in [0, 0.1) is 6.92 Å². The molecule has 0 unspecified atom stereocenters. The molecule has 0 aliphatic carbocycles. The Hall–Kier alpha value is -1.55. The molecule has 0 aliphatic heterocycles. The van der Waals surface area contributed by atoms with Crippen LogP contribution < -0.4 is 4.74 Å². The van der Waals surface area contributed by atoms with E-state index in [0.717, 1.165) is 11.3 Å². The average Bonchev–Trinajstić information content (AvgIpc) is 2.26. The number of aryl methyl sites for hydroxylation is 1. The standard InChI is InChI=1S/C14H21NO3/c1-10-8-11(13(16)17)6-7-12(10)18-9-14(2,3)15(4)5/h6-8H,9H2,1-5H3,(H,16,17). The number of aromatic carboxylic acids is 1. The lowest BCUT2D eigenvalue weighted by atomic mass is 10.1. The van der Waals surface area contributed by atoms with Crippen molar-refractivity contribution in [2.75, 3.05) is 20.7 Å². The Morgan fingerprint density at radius 1 is 1.39 bits per heavy atom. The van der Waals surface area contributed by atoms with Crippen molar-refractivity contribution in [3.8, 4) is 5.75 Å². The number of rotatable bonds is 5. The van der Waals surface area contributed by atoms with Crippen LogP contribution in [0.3, 0.4) is 0 Å². The van der Waals surface area contributed by atoms with Crippen LogP contribution in [-0.4, -0.2) is 42.2 Å². The third-order valence-electron chi connectivity index (χ3n) is 3.21. The number of carboxylic acid groups (broad SMARTS) is 1. The van der Waals surface area contributed by atoms with Crippen molar-refractivity contribution < 1.29 is 14.6 Å². The SMILES string of the molecule is Cc1cc(C(=O)O)ccc1OCC(C)(C)N(C)C. The number of nitrogens with zero attached hydrogens (tertiary/aromatic N) is 1. The maximum absolute atomic E-state index is 10.8. The van der Waals surface area contributed by atoms with Gasteiger partial charge < -0.3 is 14.7 Å². The Morgan fingerprint density at radius 3 is 2.44 bits per heavy atom. The summed E-state index contributed by atoms with van der Waals surface area (Å²) in [5.74, 6) is -0.187. The minimum absolute atomic E-state index is 0.0715. The van der Waals surface area contributed by atoms with Crippen molar-refractivity contribution in [1.29, 1.82) is 0 Å². The maximum Gasteiger partial charge on any atom is 0.335 e. The van der Waals surface area contributed by atoms with E-state index < -0.39 is 5.97 Å². The molecule has 18 heavy (non-hydrogen) atoms. The Labute approximate surface area is 108 Å². The molecule has 0 radical (unpaired) electrons. The summed E-state index contributed by atoms with van der Waals surface area (Å²) in [7, 11) is 4.01. The molecule has 1 N–H and O–H groups in total. The van der Waals surface area contributed by atoms with Crippen LogP contribution in [0.5, 0.6) is 5.75 Å². The van der Waals surface area contributed by atoms with Crippen molar-refractivity contribution in [1.82, 2.24) is 4.90 Å². The van der Waals surface area contributed by atoms with Crippen LogP contribution >= 0.6 is 0 Å². The van der Waals surface area contributed by atoms with Crippen molar-refractivity contribution >= 4 is 5.97 Å². The molecule has 0 saturated heterocycles. The van der Waals surface area contributed by atoms with Gasteiger partial charge in [0.15, 0.2) is 0 Å². The monoisotopic (exact) mass is 251 g/mol. The fraction of sp³-hybridized carbons (Fsp3) is 0.500. The fourth-order valence-electron chi connectivity index (χ4n) is 1.33. The molecule has 0 fully saturated rings. The van der Waals surface area contributed by atoms with Gasteiger partial charge in [0, 0.05) is 5.54 Å². The number of ether oxygens (including phenoxy) is 1. The summed E-state index contributed by atoms with van der Waals surface area (Å²) in [4.78, 5) is 12.9. The van der Waals surface area contributed by atoms with Crippen LogP contribution in [0.4, 0.5) is 0 Å². The second kappa shape index (κ2) is 5.40. The van der Waals surface area contributed by atoms with Gasteiger partial charge in [-0.25, -0.2) is 4.79 Å². The quantitative estimate of drug-likeness (QED) is 0.873. The number of benzene rings is 1. The summed E-state index contributed by atoms with van der Waals surface area (Å²) in [5.41, 5.74) is 1.05. The third-order valence-corrected chi connectivity index (χ3v) is 3.21. The predicted molar refractivity (Wildman–Crippen MR) is 71.4 cm³/mol. The molecule has 0 aromatic heterocycles. The van der Waals surface area contributed by atoms with E-state index in [-0.39, 0.29) is 11.1 Å². The lowest BCUT2D eigenvalue weighted by molar-refractivity contribution is 0.0696. The molecule has 0 spiro atoms. The van der Waals surface area contributed by atoms with Crippen LogP contribution in [0.2, 0.25) is 0 Å². The molecule has 0 bridgehead atoms. The second-order valence-electron chi connectivity index (χ2n) is 5.28. The lowest BCUT2D eigenvalue weighted by Gasteiger charge is -2.32. The highest BCUT2D eigenvalue weighted by Gasteiger charge is 2.21. The highest BCUT2D eigenvalue weighted by Crippen LogP contribution is 2.21. The Morgan fingerprint density at radius 2 is 2.00 bits per heavy atom. The van der Waals surface area contributed by atoms with Crippen LogP contribution in [0.25, 0.3) is 0 Å². The molecule has 0 saturated carbocycles. The predicted octanol–water partition coefficient (Wildman–Crippen LogP) is 2.41. The first kappa shape index (κ1) is 14.5. The van der Waals surface area contributed by atoms with E-state index in [1.54, 1.807) is 18.2 Å². The van der Waals surface area contributed by atoms with E-state index in [1.165, 1.54) is 0 Å². The fourth-order valence-corrected chi connectivity index (χ4v) is 1.33. The summed E-state index contributed by atoms with van der Waals surface area (Å²) in [5, 5.41) is 8.88. The molecule has 100 valence electrons. The summed E-state index contributed by atoms with van der Waals surface area (Å²) in [6.07, 6.45) is 0. The minimum Gasteiger partial charge on any atom is -0.491 e. The first-order chi connectivity index (χ1) is 8.24. The first-order valence-corrected chi connectivity index (χ1v) is 5.88. The highest BCUT2D eigenvalue weighted by atomic mass is 16.5. The van der Waals surface area contributed by atoms with E-state index in [9.17, 15) is 4.79 Å². The zero-order chi connectivity index (χ0) is 13.9. The van der Waals surface area contributed by atoms with Gasteiger partial charge in [0.1, 0.15) is 12.4 Å². The summed E-state index contributed by atoms with van der Waals surface area (Å²) < 4.78 is 5.76. The lowest BCUT2D eigenvalue weighted by Crippen LogP contribution is -2.43. The Kier molecular flexibility index (Phi) is 4.35. The van der Waals surface area contributed by atoms with Crippen molar-refractivity contribution in [2.24, 2.45) is 0 Å². The van der Waals surface area contributed by atoms with Gasteiger partial charge in [0.25, 0.3) is 0 Å². The Bertz CT molecular complexity index is 439. The molecule has 0 aliphatic rings. The molecule has 0 heterocycles. The van der Waals surface area contributed by atoms with Gasteiger partial charge in [-0.1, -0.05) is 0 Å². The third kappa shape index (κ3) is 3.47. The van der Waals surface area contributed by atoms with Crippen LogP contribution in [0.1, 0.15) is 29.8 Å². The van der Waals surface area contributed by atoms with E-state index in [0.29, 0.717) is 6.61 Å². The molecule has 1 aromatic carbocycles. The molecule has 1 aromatic rings. The Balaban J connectivity index is 2.78. The number of hydrogen-bond donors (Lipinski definition) is 1. The van der Waals surface area contributed by atoms with Crippen LogP contribution in [-0.2, 0) is 0 Å². The number of carboxylic acids is 1. The van der Waals surface area contributed by atoms with E-state index in [4.69, 9.17) is 9.84 Å². The number of carbonyl (C=O) groups is 1. The molecule has 4 heteroatoms. The summed E-state index contributed by atoms with van der Waals surface area (Å²) >= 11 is 0. The average molecular weight is 251 g/mol. The normalized spacial score (nSPS) is 11.7. The molecule has 0 amide bonds. The van der Waals surface area contributed by atoms with Gasteiger partial charge in [0.2, 0.25) is 0 Å². The van der Waals surface area contributed by atoms with E-state index in [1.807, 2.05) is 21.0 Å². The zero-order valence-electron chi connectivity index (χ0n) is 11.7. The van der Waals surface area contributed by atoms with Gasteiger partial charge in [0.05, 0.1) is 5.56 Å². The van der Waals surface area contributed by atoms with Gasteiger partial charge in [-0.2, -0.15) is 0 Å². The van der Waals surface area contributed by atoms with Crippen molar-refractivity contribution in [2.45, 2.75) is 26.3 Å². The highest BCUT2D eigenvalue weighted by molar-refractivity contribution is 5.88. The van der Waals surface area contributed by atoms with Crippen LogP contribution in [0.15, 0.2) is 18.2 Å². The van der Waals surface area contributed by atoms with E-state index in [2.05, 4.69) is 18.7 Å². The van der Waals surface area contributed by atoms with Crippen molar-refractivity contribution in [3.63, 3.8) is 0 Å². The van der Waals surface area contributed by atoms with Crippen molar-refractivity contribution in [3.05, 3.63) is 29.3 Å². The molecule has 0 atom stereocenters. The number of likely N-dealkylation sites (N-methyl/N-ethyl adjacent to an activating group) is 1. The van der Waals surface area contributed by atoms with Gasteiger partial charge in [-0.3, -0.25) is 0 Å². The molecular weight excluding hydrogens is 230 g/mol. The molecule has 4 nitrogen and oxygen atoms in total. The van der Waals surface area contributed by atoms with E-state index >= 15 is 0 Å². The minimum atomic E-state index is -0.918. The van der Waals surface area contributed by atoms with Gasteiger partial charge in [-0.05, 0) is 58.6 Å². The largest absolute Gasteiger partial charge is 0.491 e. The molecular formula is C14H21NO3. The van der Waals surface area contributed by atoms with Gasteiger partial charge >= 0.3 is 5.97 Å². The number of hydrogen-bond acceptors (Lipinski definition) is 3.